The number of thiophene rings is 1. The first kappa shape index (κ1) is 35.8. The Balaban J connectivity index is 0.904. The van der Waals surface area contributed by atoms with E-state index in [1.54, 1.807) is 0 Å². The van der Waals surface area contributed by atoms with Gasteiger partial charge in [0.2, 0.25) is 0 Å². The van der Waals surface area contributed by atoms with E-state index in [2.05, 4.69) is 149 Å². The predicted molar refractivity (Wildman–Crippen MR) is 256 cm³/mol. The van der Waals surface area contributed by atoms with Crippen molar-refractivity contribution < 1.29 is 4.42 Å². The van der Waals surface area contributed by atoms with Gasteiger partial charge in [-0.1, -0.05) is 164 Å². The molecule has 8 aromatic carbocycles. The molecule has 0 saturated carbocycles. The molecule has 0 saturated heterocycles. The van der Waals surface area contributed by atoms with Gasteiger partial charge < -0.3 is 4.42 Å². The Morgan fingerprint density at radius 1 is 0.355 bits per heavy atom. The van der Waals surface area contributed by atoms with Gasteiger partial charge in [0.15, 0.2) is 11.6 Å². The highest BCUT2D eigenvalue weighted by molar-refractivity contribution is 7.25. The summed E-state index contributed by atoms with van der Waals surface area (Å²) in [5.41, 5.74) is 13.8. The van der Waals surface area contributed by atoms with Gasteiger partial charge in [-0.05, 0) is 52.6 Å². The smallest absolute Gasteiger partial charge is 0.160 e. The Bertz CT molecular complexity index is 3600. The molecule has 0 fully saturated rings. The van der Waals surface area contributed by atoms with E-state index in [1.807, 2.05) is 78.3 Å². The van der Waals surface area contributed by atoms with Crippen LogP contribution in [0.15, 0.2) is 211 Å². The van der Waals surface area contributed by atoms with Gasteiger partial charge in [-0.15, -0.1) is 11.3 Å². The van der Waals surface area contributed by atoms with Crippen molar-refractivity contribution in [1.29, 1.82) is 0 Å². The van der Waals surface area contributed by atoms with Crippen LogP contribution in [-0.4, -0.2) is 19.9 Å². The second kappa shape index (κ2) is 14.9. The molecule has 0 aliphatic rings. The summed E-state index contributed by atoms with van der Waals surface area (Å²) in [6.45, 7) is 0. The van der Waals surface area contributed by atoms with Gasteiger partial charge in [0.25, 0.3) is 0 Å². The van der Waals surface area contributed by atoms with Crippen LogP contribution in [0.4, 0.5) is 0 Å². The zero-order valence-electron chi connectivity index (χ0n) is 33.2. The Hall–Kier alpha value is -8.06. The second-order valence-corrected chi connectivity index (χ2v) is 16.5. The molecular weight excluding hydrogens is 777 g/mol. The van der Waals surface area contributed by atoms with Crippen molar-refractivity contribution in [2.24, 2.45) is 0 Å². The van der Waals surface area contributed by atoms with Crippen LogP contribution in [0.2, 0.25) is 0 Å². The second-order valence-electron chi connectivity index (χ2n) is 15.4. The third kappa shape index (κ3) is 6.33. The number of hydrogen-bond donors (Lipinski definition) is 0. The van der Waals surface area contributed by atoms with E-state index >= 15 is 0 Å². The van der Waals surface area contributed by atoms with Crippen molar-refractivity contribution in [2.75, 3.05) is 0 Å². The summed E-state index contributed by atoms with van der Waals surface area (Å²) in [6.07, 6.45) is 3.75. The minimum Gasteiger partial charge on any atom is -0.455 e. The first-order chi connectivity index (χ1) is 30.7. The van der Waals surface area contributed by atoms with E-state index in [1.165, 1.54) is 25.7 Å². The summed E-state index contributed by atoms with van der Waals surface area (Å²) in [5, 5.41) is 4.83. The molecule has 12 rings (SSSR count). The SMILES string of the molecule is c1ccc(-c2cc(-c3ccc(-c4ccc(-c5ccc6c(c5)sc5ccccc56)c5c4oc4ccccc45)cc3)nc(-c3ccc(-c4cnc(-c5ccccc5)nc4)cc3)n2)cc1. The lowest BCUT2D eigenvalue weighted by Gasteiger charge is -2.11. The quantitative estimate of drug-likeness (QED) is 0.160. The number of hydrogen-bond acceptors (Lipinski definition) is 6. The molecule has 0 radical (unpaired) electrons. The summed E-state index contributed by atoms with van der Waals surface area (Å²) in [6, 6.07) is 67.6. The molecule has 0 aliphatic heterocycles. The first-order valence-corrected chi connectivity index (χ1v) is 21.4. The van der Waals surface area contributed by atoms with E-state index in [-0.39, 0.29) is 0 Å². The summed E-state index contributed by atoms with van der Waals surface area (Å²) >= 11 is 1.84. The van der Waals surface area contributed by atoms with E-state index < -0.39 is 0 Å². The molecule has 62 heavy (non-hydrogen) atoms. The maximum atomic E-state index is 6.72. The standard InChI is InChI=1S/C56H34N4OS/c1-3-11-37(12-4-1)48-32-49(60-56(59-48)40-25-19-35(20-26-40)42-33-57-55(58-34-42)39-13-5-2-6-14-39)38-23-21-36(22-24-38)44-30-29-43(53-47-16-7-9-17-50(47)61-54(44)53)41-27-28-46-45-15-8-10-18-51(45)62-52(46)31-41/h1-34H. The van der Waals surface area contributed by atoms with Crippen LogP contribution < -0.4 is 0 Å². The van der Waals surface area contributed by atoms with Crippen LogP contribution in [0.3, 0.4) is 0 Å². The molecule has 0 bridgehead atoms. The van der Waals surface area contributed by atoms with Gasteiger partial charge in [-0.25, -0.2) is 19.9 Å². The van der Waals surface area contributed by atoms with Crippen molar-refractivity contribution in [3.8, 4) is 78.7 Å². The van der Waals surface area contributed by atoms with E-state index in [4.69, 9.17) is 14.4 Å². The Morgan fingerprint density at radius 3 is 1.66 bits per heavy atom. The van der Waals surface area contributed by atoms with Crippen LogP contribution >= 0.6 is 11.3 Å². The molecule has 0 atom stereocenters. The van der Waals surface area contributed by atoms with Crippen molar-refractivity contribution in [1.82, 2.24) is 19.9 Å². The van der Waals surface area contributed by atoms with E-state index in [0.717, 1.165) is 83.4 Å². The summed E-state index contributed by atoms with van der Waals surface area (Å²) < 4.78 is 9.30. The predicted octanol–water partition coefficient (Wildman–Crippen LogP) is 15.2. The highest BCUT2D eigenvalue weighted by Crippen LogP contribution is 2.44. The molecule has 0 spiro atoms. The van der Waals surface area contributed by atoms with Crippen molar-refractivity contribution in [2.45, 2.75) is 0 Å². The lowest BCUT2D eigenvalue weighted by Crippen LogP contribution is -1.96. The van der Waals surface area contributed by atoms with Crippen LogP contribution in [0.1, 0.15) is 0 Å². The molecular formula is C56H34N4OS. The Labute approximate surface area is 361 Å². The first-order valence-electron chi connectivity index (χ1n) is 20.6. The van der Waals surface area contributed by atoms with Crippen molar-refractivity contribution in [3.63, 3.8) is 0 Å². The van der Waals surface area contributed by atoms with Gasteiger partial charge in [0.05, 0.1) is 11.4 Å². The lowest BCUT2D eigenvalue weighted by atomic mass is 9.94. The fourth-order valence-electron chi connectivity index (χ4n) is 8.52. The summed E-state index contributed by atoms with van der Waals surface area (Å²) in [4.78, 5) is 19.5. The fraction of sp³-hybridized carbons (Fsp3) is 0. The molecule has 0 aliphatic carbocycles. The average Bonchev–Trinajstić information content (AvgIpc) is 3.93. The van der Waals surface area contributed by atoms with E-state index in [0.29, 0.717) is 11.6 Å². The van der Waals surface area contributed by atoms with Crippen molar-refractivity contribution >= 4 is 53.4 Å². The number of aromatic nitrogens is 4. The van der Waals surface area contributed by atoms with Crippen LogP contribution in [0, 0.1) is 0 Å². The maximum absolute atomic E-state index is 6.72. The molecule has 0 unspecified atom stereocenters. The average molecular weight is 811 g/mol. The largest absolute Gasteiger partial charge is 0.455 e. The molecule has 5 nitrogen and oxygen atoms in total. The molecule has 4 aromatic heterocycles. The molecule has 290 valence electrons. The topological polar surface area (TPSA) is 64.7 Å². The zero-order chi connectivity index (χ0) is 41.0. The molecule has 0 amide bonds. The number of furan rings is 1. The minimum atomic E-state index is 0.654. The zero-order valence-corrected chi connectivity index (χ0v) is 34.1. The molecule has 0 N–H and O–H groups in total. The van der Waals surface area contributed by atoms with Gasteiger partial charge in [0, 0.05) is 76.7 Å². The number of fused-ring (bicyclic) bond motifs is 6. The highest BCUT2D eigenvalue weighted by atomic mass is 32.1. The van der Waals surface area contributed by atoms with Gasteiger partial charge in [0.1, 0.15) is 11.2 Å². The van der Waals surface area contributed by atoms with Crippen LogP contribution in [-0.2, 0) is 0 Å². The summed E-state index contributed by atoms with van der Waals surface area (Å²) in [7, 11) is 0. The number of nitrogens with zero attached hydrogens (tertiary/aromatic N) is 4. The van der Waals surface area contributed by atoms with Gasteiger partial charge >= 0.3 is 0 Å². The summed E-state index contributed by atoms with van der Waals surface area (Å²) in [5.74, 6) is 1.36. The minimum absolute atomic E-state index is 0.654. The molecule has 6 heteroatoms. The molecule has 4 heterocycles. The van der Waals surface area contributed by atoms with Crippen LogP contribution in [0.25, 0.3) is 121 Å². The monoisotopic (exact) mass is 810 g/mol. The Kier molecular flexibility index (Phi) is 8.61. The van der Waals surface area contributed by atoms with Gasteiger partial charge in [-0.2, -0.15) is 0 Å². The Morgan fingerprint density at radius 2 is 0.903 bits per heavy atom. The lowest BCUT2D eigenvalue weighted by molar-refractivity contribution is 0.670. The number of benzene rings is 8. The maximum Gasteiger partial charge on any atom is 0.160 e. The molecule has 12 aromatic rings. The number of rotatable bonds is 7. The highest BCUT2D eigenvalue weighted by Gasteiger charge is 2.19. The normalized spacial score (nSPS) is 11.5. The number of para-hydroxylation sites is 1. The van der Waals surface area contributed by atoms with Crippen LogP contribution in [0.5, 0.6) is 0 Å². The fourth-order valence-corrected chi connectivity index (χ4v) is 9.66. The van der Waals surface area contributed by atoms with E-state index in [9.17, 15) is 0 Å². The third-order valence-electron chi connectivity index (χ3n) is 11.7. The third-order valence-corrected chi connectivity index (χ3v) is 12.8. The van der Waals surface area contributed by atoms with Gasteiger partial charge in [-0.3, -0.25) is 0 Å². The van der Waals surface area contributed by atoms with Crippen molar-refractivity contribution in [3.05, 3.63) is 207 Å².